The minimum atomic E-state index is -0.816. The van der Waals surface area contributed by atoms with Gasteiger partial charge in [0.2, 0.25) is 5.91 Å². The van der Waals surface area contributed by atoms with Crippen molar-refractivity contribution in [2.75, 3.05) is 25.0 Å². The van der Waals surface area contributed by atoms with E-state index in [2.05, 4.69) is 15.9 Å². The Morgan fingerprint density at radius 1 is 1.40 bits per heavy atom. The molecule has 0 unspecified atom stereocenters. The van der Waals surface area contributed by atoms with E-state index in [1.807, 2.05) is 0 Å². The van der Waals surface area contributed by atoms with Crippen molar-refractivity contribution >= 4 is 39.2 Å². The fraction of sp³-hybridized carbons (Fsp3) is 0.308. The third-order valence-electron chi connectivity index (χ3n) is 3.18. The Labute approximate surface area is 123 Å². The van der Waals surface area contributed by atoms with E-state index in [-0.39, 0.29) is 28.2 Å². The Bertz CT molecular complexity index is 618. The van der Waals surface area contributed by atoms with Gasteiger partial charge in [-0.05, 0) is 35.0 Å². The van der Waals surface area contributed by atoms with Crippen LogP contribution < -0.4 is 4.90 Å². The summed E-state index contributed by atoms with van der Waals surface area (Å²) in [5.41, 5.74) is 0.230. The van der Waals surface area contributed by atoms with E-state index in [1.165, 1.54) is 4.90 Å². The zero-order valence-electron chi connectivity index (χ0n) is 10.9. The lowest BCUT2D eigenvalue weighted by Crippen LogP contribution is -2.41. The van der Waals surface area contributed by atoms with E-state index >= 15 is 0 Å². The monoisotopic (exact) mass is 342 g/mol. The van der Waals surface area contributed by atoms with Gasteiger partial charge in [0.15, 0.2) is 0 Å². The first-order chi connectivity index (χ1) is 9.36. The largest absolute Gasteiger partial charge is 0.344 e. The zero-order chi connectivity index (χ0) is 15.0. The summed E-state index contributed by atoms with van der Waals surface area (Å²) in [5.74, 6) is -2.52. The maximum atomic E-state index is 13.3. The number of nitrogens with zero attached hydrogens (tertiary/aromatic N) is 2. The molecule has 5 nitrogen and oxygen atoms in total. The van der Waals surface area contributed by atoms with Gasteiger partial charge in [0.1, 0.15) is 12.4 Å². The zero-order valence-corrected chi connectivity index (χ0v) is 12.5. The molecule has 106 valence electrons. The number of ketones is 1. The number of likely N-dealkylation sites (N-methyl/N-ethyl adjacent to an activating group) is 1. The topological polar surface area (TPSA) is 57.7 Å². The van der Waals surface area contributed by atoms with Gasteiger partial charge >= 0.3 is 0 Å². The Kier molecular flexibility index (Phi) is 3.89. The molecule has 0 saturated carbocycles. The number of hydrogen-bond acceptors (Lipinski definition) is 3. The second-order valence-corrected chi connectivity index (χ2v) is 5.27. The predicted molar refractivity (Wildman–Crippen MR) is 74.1 cm³/mol. The first-order valence-electron chi connectivity index (χ1n) is 5.96. The second-order valence-electron chi connectivity index (χ2n) is 4.41. The van der Waals surface area contributed by atoms with Crippen LogP contribution in [-0.2, 0) is 9.59 Å². The van der Waals surface area contributed by atoms with Crippen molar-refractivity contribution in [3.05, 3.63) is 28.0 Å². The highest BCUT2D eigenvalue weighted by molar-refractivity contribution is 9.10. The van der Waals surface area contributed by atoms with Gasteiger partial charge in [-0.25, -0.2) is 4.39 Å². The first-order valence-corrected chi connectivity index (χ1v) is 6.75. The molecule has 1 aliphatic heterocycles. The summed E-state index contributed by atoms with van der Waals surface area (Å²) in [5, 5.41) is 0. The van der Waals surface area contributed by atoms with Crippen LogP contribution in [-0.4, -0.2) is 42.6 Å². The van der Waals surface area contributed by atoms with Gasteiger partial charge in [-0.2, -0.15) is 0 Å². The average molecular weight is 343 g/mol. The second kappa shape index (κ2) is 5.32. The molecule has 1 aromatic carbocycles. The molecule has 1 aromatic rings. The van der Waals surface area contributed by atoms with Crippen molar-refractivity contribution in [3.8, 4) is 0 Å². The van der Waals surface area contributed by atoms with Crippen LogP contribution in [0.2, 0.25) is 0 Å². The normalized spacial score (nSPS) is 13.7. The molecule has 0 spiro atoms. The number of carbonyl (C=O) groups excluding carboxylic acids is 3. The fourth-order valence-electron chi connectivity index (χ4n) is 1.94. The molecule has 2 rings (SSSR count). The highest BCUT2D eigenvalue weighted by atomic mass is 79.9. The molecule has 20 heavy (non-hydrogen) atoms. The summed E-state index contributed by atoms with van der Waals surface area (Å²) < 4.78 is 13.6. The molecule has 0 fully saturated rings. The number of Topliss-reactive ketones (excluding diaryl/α,β-unsaturated/α-hetero) is 1. The lowest BCUT2D eigenvalue weighted by molar-refractivity contribution is -0.129. The summed E-state index contributed by atoms with van der Waals surface area (Å²) in [6.07, 6.45) is 0. The van der Waals surface area contributed by atoms with Crippen LogP contribution in [0.15, 0.2) is 16.6 Å². The summed E-state index contributed by atoms with van der Waals surface area (Å²) in [6, 6.07) is 2.17. The van der Waals surface area contributed by atoms with Crippen LogP contribution in [0.3, 0.4) is 0 Å². The smallest absolute Gasteiger partial charge is 0.299 e. The Balaban J connectivity index is 2.41. The van der Waals surface area contributed by atoms with E-state index in [1.54, 1.807) is 14.0 Å². The van der Waals surface area contributed by atoms with Crippen molar-refractivity contribution in [1.29, 1.82) is 0 Å². The van der Waals surface area contributed by atoms with Gasteiger partial charge in [-0.15, -0.1) is 0 Å². The highest BCUT2D eigenvalue weighted by Crippen LogP contribution is 2.36. The van der Waals surface area contributed by atoms with Crippen LogP contribution in [0.5, 0.6) is 0 Å². The van der Waals surface area contributed by atoms with Gasteiger partial charge in [0, 0.05) is 18.1 Å². The van der Waals surface area contributed by atoms with Gasteiger partial charge in [0.05, 0.1) is 11.3 Å². The van der Waals surface area contributed by atoms with Crippen molar-refractivity contribution in [2.45, 2.75) is 6.92 Å². The lowest BCUT2D eigenvalue weighted by atomic mass is 10.1. The third kappa shape index (κ3) is 2.33. The average Bonchev–Trinajstić information content (AvgIpc) is 2.63. The Morgan fingerprint density at radius 3 is 2.65 bits per heavy atom. The standard InChI is InChI=1S/C13H12BrFN2O3/c1-3-16(2)10(18)6-17-11-8(12(19)13(17)20)4-7(15)5-9(11)14/h4-5H,3,6H2,1-2H3. The third-order valence-corrected chi connectivity index (χ3v) is 3.78. The van der Waals surface area contributed by atoms with Gasteiger partial charge < -0.3 is 4.90 Å². The SMILES string of the molecule is CCN(C)C(=O)CN1C(=O)C(=O)c2cc(F)cc(Br)c21. The van der Waals surface area contributed by atoms with Crippen molar-refractivity contribution in [3.63, 3.8) is 0 Å². The van der Waals surface area contributed by atoms with Crippen molar-refractivity contribution < 1.29 is 18.8 Å². The van der Waals surface area contributed by atoms with Crippen LogP contribution in [0.4, 0.5) is 10.1 Å². The van der Waals surface area contributed by atoms with Gasteiger partial charge in [0.25, 0.3) is 11.7 Å². The fourth-order valence-corrected chi connectivity index (χ4v) is 2.58. The molecule has 7 heteroatoms. The summed E-state index contributed by atoms with van der Waals surface area (Å²) in [7, 11) is 1.60. The minimum absolute atomic E-state index is 0.0196. The Morgan fingerprint density at radius 2 is 2.05 bits per heavy atom. The van der Waals surface area contributed by atoms with Crippen LogP contribution in [0.25, 0.3) is 0 Å². The molecule has 1 aliphatic rings. The number of fused-ring (bicyclic) bond motifs is 1. The number of anilines is 1. The van der Waals surface area contributed by atoms with Crippen LogP contribution in [0, 0.1) is 5.82 Å². The summed E-state index contributed by atoms with van der Waals surface area (Å²) in [4.78, 5) is 38.2. The molecule has 0 saturated heterocycles. The minimum Gasteiger partial charge on any atom is -0.344 e. The van der Waals surface area contributed by atoms with E-state index < -0.39 is 17.5 Å². The molecule has 2 amide bonds. The van der Waals surface area contributed by atoms with Crippen molar-refractivity contribution in [2.24, 2.45) is 0 Å². The van der Waals surface area contributed by atoms with Gasteiger partial charge in [-0.1, -0.05) is 0 Å². The molecule has 0 aromatic heterocycles. The highest BCUT2D eigenvalue weighted by Gasteiger charge is 2.39. The maximum Gasteiger partial charge on any atom is 0.299 e. The maximum absolute atomic E-state index is 13.3. The molecule has 0 N–H and O–H groups in total. The van der Waals surface area contributed by atoms with E-state index in [0.717, 1.165) is 17.0 Å². The number of amides is 2. The number of hydrogen-bond donors (Lipinski definition) is 0. The number of halogens is 2. The quantitative estimate of drug-likeness (QED) is 0.784. The molecular formula is C13H12BrFN2O3. The Hall–Kier alpha value is -1.76. The molecule has 0 atom stereocenters. The number of rotatable bonds is 3. The van der Waals surface area contributed by atoms with Crippen LogP contribution in [0.1, 0.15) is 17.3 Å². The summed E-state index contributed by atoms with van der Waals surface area (Å²) >= 11 is 3.13. The number of benzene rings is 1. The van der Waals surface area contributed by atoms with E-state index in [4.69, 9.17) is 0 Å². The molecular weight excluding hydrogens is 331 g/mol. The van der Waals surface area contributed by atoms with Crippen LogP contribution >= 0.6 is 15.9 Å². The van der Waals surface area contributed by atoms with Crippen molar-refractivity contribution in [1.82, 2.24) is 4.90 Å². The molecule has 1 heterocycles. The molecule has 0 aliphatic carbocycles. The molecule has 0 bridgehead atoms. The van der Waals surface area contributed by atoms with E-state index in [9.17, 15) is 18.8 Å². The number of carbonyl (C=O) groups is 3. The predicted octanol–water partition coefficient (Wildman–Crippen LogP) is 1.60. The van der Waals surface area contributed by atoms with Gasteiger partial charge in [-0.3, -0.25) is 19.3 Å². The van der Waals surface area contributed by atoms with E-state index in [0.29, 0.717) is 6.54 Å². The molecule has 0 radical (unpaired) electrons. The lowest BCUT2D eigenvalue weighted by Gasteiger charge is -2.21. The summed E-state index contributed by atoms with van der Waals surface area (Å²) in [6.45, 7) is 2.05. The first kappa shape index (κ1) is 14.6.